The molecule has 2 heteroatoms. The van der Waals surface area contributed by atoms with Gasteiger partial charge in [0, 0.05) is 28.1 Å². The Balaban J connectivity index is 1.56. The van der Waals surface area contributed by atoms with Crippen molar-refractivity contribution in [1.29, 1.82) is 0 Å². The van der Waals surface area contributed by atoms with Crippen LogP contribution >= 0.6 is 0 Å². The van der Waals surface area contributed by atoms with Crippen LogP contribution < -0.4 is 0 Å². The van der Waals surface area contributed by atoms with Gasteiger partial charge in [0.2, 0.25) is 0 Å². The molecular weight excluding hydrogens is 414 g/mol. The van der Waals surface area contributed by atoms with E-state index in [0.29, 0.717) is 12.0 Å². The summed E-state index contributed by atoms with van der Waals surface area (Å²) in [5.74, 6) is 1.16. The standard InChI is InChI=1S/C32H29NO/c1-19(2)26-16-24(15-21-8-6-7-9-25(21)26)31-30-23(12-13-33-31)17-27(32(30,4)5)29-18-22-11-10-20(3)14-28(22)34-29/h6-19H,1-5H3/i17D. The molecule has 0 bridgehead atoms. The van der Waals surface area contributed by atoms with Gasteiger partial charge in [0.25, 0.3) is 0 Å². The van der Waals surface area contributed by atoms with Crippen LogP contribution in [0.1, 0.15) is 63.0 Å². The minimum absolute atomic E-state index is 0.393. The number of hydrogen-bond acceptors (Lipinski definition) is 2. The van der Waals surface area contributed by atoms with E-state index in [9.17, 15) is 1.37 Å². The van der Waals surface area contributed by atoms with Crippen LogP contribution in [0.4, 0.5) is 0 Å². The van der Waals surface area contributed by atoms with Crippen molar-refractivity contribution in [2.45, 2.75) is 46.0 Å². The summed E-state index contributed by atoms with van der Waals surface area (Å²) in [6.45, 7) is 10.9. The van der Waals surface area contributed by atoms with Crippen LogP contribution in [0.15, 0.2) is 77.3 Å². The zero-order chi connectivity index (χ0) is 24.5. The summed E-state index contributed by atoms with van der Waals surface area (Å²) in [5.41, 5.74) is 7.92. The Morgan fingerprint density at radius 3 is 2.59 bits per heavy atom. The van der Waals surface area contributed by atoms with E-state index in [1.807, 2.05) is 12.3 Å². The van der Waals surface area contributed by atoms with Crippen molar-refractivity contribution in [3.05, 3.63) is 101 Å². The van der Waals surface area contributed by atoms with Crippen LogP contribution in [0.3, 0.4) is 0 Å². The van der Waals surface area contributed by atoms with E-state index >= 15 is 0 Å². The topological polar surface area (TPSA) is 26.0 Å². The minimum atomic E-state index is -0.428. The van der Waals surface area contributed by atoms with E-state index in [1.54, 1.807) is 0 Å². The lowest BCUT2D eigenvalue weighted by Crippen LogP contribution is -2.18. The smallest absolute Gasteiger partial charge is 0.135 e. The first-order valence-electron chi connectivity index (χ1n) is 12.5. The molecule has 2 heterocycles. The van der Waals surface area contributed by atoms with E-state index in [2.05, 4.69) is 95.3 Å². The molecule has 0 unspecified atom stereocenters. The maximum atomic E-state index is 9.17. The van der Waals surface area contributed by atoms with Crippen LogP contribution in [0.25, 0.3) is 44.6 Å². The zero-order valence-corrected chi connectivity index (χ0v) is 20.4. The minimum Gasteiger partial charge on any atom is -0.456 e. The highest BCUT2D eigenvalue weighted by molar-refractivity contribution is 5.98. The Labute approximate surface area is 202 Å². The average molecular weight is 445 g/mol. The van der Waals surface area contributed by atoms with Crippen molar-refractivity contribution in [2.24, 2.45) is 0 Å². The molecular formula is C32H29NO. The van der Waals surface area contributed by atoms with Gasteiger partial charge in [0.05, 0.1) is 7.06 Å². The molecule has 0 atom stereocenters. The maximum absolute atomic E-state index is 9.17. The van der Waals surface area contributed by atoms with Gasteiger partial charge < -0.3 is 4.42 Å². The third-order valence-corrected chi connectivity index (χ3v) is 7.17. The first kappa shape index (κ1) is 19.8. The van der Waals surface area contributed by atoms with Gasteiger partial charge in [-0.15, -0.1) is 0 Å². The molecule has 5 aromatic rings. The highest BCUT2D eigenvalue weighted by Crippen LogP contribution is 2.50. The number of furan rings is 1. The third kappa shape index (κ3) is 3.13. The molecule has 0 radical (unpaired) electrons. The van der Waals surface area contributed by atoms with E-state index in [-0.39, 0.29) is 0 Å². The van der Waals surface area contributed by atoms with Gasteiger partial charge >= 0.3 is 0 Å². The average Bonchev–Trinajstić information content (AvgIpc) is 3.33. The predicted molar refractivity (Wildman–Crippen MR) is 143 cm³/mol. The number of aromatic nitrogens is 1. The normalized spacial score (nSPS) is 15.4. The maximum Gasteiger partial charge on any atom is 0.135 e. The Kier molecular flexibility index (Phi) is 4.32. The highest BCUT2D eigenvalue weighted by Gasteiger charge is 2.38. The highest BCUT2D eigenvalue weighted by atomic mass is 16.3. The molecule has 1 aliphatic carbocycles. The molecule has 2 nitrogen and oxygen atoms in total. The summed E-state index contributed by atoms with van der Waals surface area (Å²) in [6.07, 6.45) is 1.84. The van der Waals surface area contributed by atoms with E-state index in [0.717, 1.165) is 50.3 Å². The van der Waals surface area contributed by atoms with Gasteiger partial charge in [-0.1, -0.05) is 64.1 Å². The van der Waals surface area contributed by atoms with Crippen molar-refractivity contribution in [1.82, 2.24) is 4.98 Å². The lowest BCUT2D eigenvalue weighted by molar-refractivity contribution is 0.577. The molecule has 2 aromatic heterocycles. The van der Waals surface area contributed by atoms with Crippen LogP contribution in [-0.2, 0) is 5.41 Å². The fraction of sp³-hybridized carbons (Fsp3) is 0.219. The molecule has 0 amide bonds. The number of allylic oxidation sites excluding steroid dienone is 1. The molecule has 168 valence electrons. The van der Waals surface area contributed by atoms with E-state index in [4.69, 9.17) is 9.40 Å². The Morgan fingerprint density at radius 2 is 1.76 bits per heavy atom. The summed E-state index contributed by atoms with van der Waals surface area (Å²) in [6, 6.07) is 23.9. The second-order valence-electron chi connectivity index (χ2n) is 10.3. The molecule has 1 aliphatic rings. The van der Waals surface area contributed by atoms with Crippen molar-refractivity contribution in [3.63, 3.8) is 0 Å². The number of rotatable bonds is 3. The van der Waals surface area contributed by atoms with Gasteiger partial charge in [0.1, 0.15) is 11.3 Å². The van der Waals surface area contributed by atoms with Gasteiger partial charge in [0.15, 0.2) is 0 Å². The lowest BCUT2D eigenvalue weighted by atomic mass is 9.78. The second kappa shape index (κ2) is 7.43. The first-order valence-corrected chi connectivity index (χ1v) is 12.0. The summed E-state index contributed by atoms with van der Waals surface area (Å²) >= 11 is 0. The number of nitrogens with zero attached hydrogens (tertiary/aromatic N) is 1. The molecule has 34 heavy (non-hydrogen) atoms. The van der Waals surface area contributed by atoms with Gasteiger partial charge in [-0.05, 0) is 82.3 Å². The van der Waals surface area contributed by atoms with Gasteiger partial charge in [-0.3, -0.25) is 4.98 Å². The van der Waals surface area contributed by atoms with Gasteiger partial charge in [-0.25, -0.2) is 0 Å². The van der Waals surface area contributed by atoms with Crippen molar-refractivity contribution >= 4 is 33.4 Å². The van der Waals surface area contributed by atoms with E-state index in [1.165, 1.54) is 16.3 Å². The molecule has 0 N–H and O–H groups in total. The summed E-state index contributed by atoms with van der Waals surface area (Å²) in [4.78, 5) is 4.90. The SMILES string of the molecule is [2H]C1=C(c2cc3ccc(C)cc3o2)C(C)(C)c2c1ccnc2-c1cc(C(C)C)c2ccccc2c1. The molecule has 0 fully saturated rings. The molecule has 0 saturated carbocycles. The van der Waals surface area contributed by atoms with Crippen LogP contribution in [0.2, 0.25) is 0 Å². The number of fused-ring (bicyclic) bond motifs is 3. The summed E-state index contributed by atoms with van der Waals surface area (Å²) in [7, 11) is 0. The van der Waals surface area contributed by atoms with Crippen LogP contribution in [0, 0.1) is 6.92 Å². The van der Waals surface area contributed by atoms with E-state index < -0.39 is 5.41 Å². The Bertz CT molecular complexity index is 1670. The second-order valence-corrected chi connectivity index (χ2v) is 10.3. The number of aryl methyl sites for hydroxylation is 1. The predicted octanol–water partition coefficient (Wildman–Crippen LogP) is 8.91. The number of benzene rings is 3. The van der Waals surface area contributed by atoms with Crippen LogP contribution in [0.5, 0.6) is 0 Å². The molecule has 0 aliphatic heterocycles. The van der Waals surface area contributed by atoms with Gasteiger partial charge in [-0.2, -0.15) is 0 Å². The number of hydrogen-bond donors (Lipinski definition) is 0. The Hall–Kier alpha value is -3.65. The fourth-order valence-corrected chi connectivity index (χ4v) is 5.42. The number of pyridine rings is 1. The Morgan fingerprint density at radius 1 is 0.941 bits per heavy atom. The molecule has 3 aromatic carbocycles. The summed E-state index contributed by atoms with van der Waals surface area (Å²) < 4.78 is 15.5. The molecule has 0 spiro atoms. The first-order chi connectivity index (χ1) is 16.8. The third-order valence-electron chi connectivity index (χ3n) is 7.17. The van der Waals surface area contributed by atoms with Crippen molar-refractivity contribution < 1.29 is 5.79 Å². The van der Waals surface area contributed by atoms with Crippen molar-refractivity contribution in [3.8, 4) is 11.3 Å². The fourth-order valence-electron chi connectivity index (χ4n) is 5.42. The molecule has 6 rings (SSSR count). The van der Waals surface area contributed by atoms with Crippen molar-refractivity contribution in [2.75, 3.05) is 0 Å². The lowest BCUT2D eigenvalue weighted by Gasteiger charge is -2.26. The quantitative estimate of drug-likeness (QED) is 0.278. The van der Waals surface area contributed by atoms with Crippen LogP contribution in [-0.4, -0.2) is 4.98 Å². The molecule has 0 saturated heterocycles. The largest absolute Gasteiger partial charge is 0.456 e. The monoisotopic (exact) mass is 444 g/mol. The summed E-state index contributed by atoms with van der Waals surface area (Å²) in [5, 5.41) is 3.57. The zero-order valence-electron chi connectivity index (χ0n) is 21.4.